The van der Waals surface area contributed by atoms with Crippen molar-refractivity contribution in [3.05, 3.63) is 94.0 Å². The second-order valence-corrected chi connectivity index (χ2v) is 10.0. The van der Waals surface area contributed by atoms with Crippen molar-refractivity contribution in [2.45, 2.75) is 24.3 Å². The van der Waals surface area contributed by atoms with Gasteiger partial charge in [0.2, 0.25) is 10.0 Å². The Morgan fingerprint density at radius 1 is 1.03 bits per heavy atom. The minimum absolute atomic E-state index is 0.0424. The van der Waals surface area contributed by atoms with E-state index in [-0.39, 0.29) is 17.2 Å². The number of aromatic nitrogens is 1. The highest BCUT2D eigenvalue weighted by molar-refractivity contribution is 7.89. The van der Waals surface area contributed by atoms with Crippen LogP contribution >= 0.6 is 0 Å². The molecule has 1 aromatic heterocycles. The lowest BCUT2D eigenvalue weighted by Gasteiger charge is -2.16. The topological polar surface area (TPSA) is 76.5 Å². The number of rotatable bonds is 6. The molecule has 1 fully saturated rings. The highest BCUT2D eigenvalue weighted by atomic mass is 32.2. The predicted octanol–water partition coefficient (Wildman–Crippen LogP) is 3.03. The van der Waals surface area contributed by atoms with Crippen molar-refractivity contribution >= 4 is 21.4 Å². The number of sulfonamides is 1. The fourth-order valence-electron chi connectivity index (χ4n) is 4.08. The van der Waals surface area contributed by atoms with Crippen molar-refractivity contribution in [2.24, 2.45) is 5.92 Å². The molecule has 1 aromatic carbocycles. The van der Waals surface area contributed by atoms with Crippen LogP contribution < -0.4 is 5.56 Å². The van der Waals surface area contributed by atoms with Crippen LogP contribution in [0.5, 0.6) is 0 Å². The molecule has 0 amide bonds. The van der Waals surface area contributed by atoms with E-state index < -0.39 is 15.6 Å². The lowest BCUT2D eigenvalue weighted by molar-refractivity contribution is 0.0970. The lowest BCUT2D eigenvalue weighted by atomic mass is 9.96. The average molecular weight is 435 g/mol. The van der Waals surface area contributed by atoms with E-state index in [1.54, 1.807) is 6.07 Å². The monoisotopic (exact) mass is 434 g/mol. The average Bonchev–Trinajstić information content (AvgIpc) is 3.33. The van der Waals surface area contributed by atoms with Gasteiger partial charge in [-0.25, -0.2) is 8.42 Å². The maximum atomic E-state index is 12.9. The quantitative estimate of drug-likeness (QED) is 0.655. The summed E-state index contributed by atoms with van der Waals surface area (Å²) in [5.74, 6) is 0.156. The molecular weight excluding hydrogens is 412 g/mol. The number of hydrogen-bond acceptors (Lipinski definition) is 4. The molecule has 0 unspecified atom stereocenters. The van der Waals surface area contributed by atoms with Crippen molar-refractivity contribution in [3.63, 3.8) is 0 Å². The zero-order chi connectivity index (χ0) is 21.6. The van der Waals surface area contributed by atoms with Crippen molar-refractivity contribution in [3.8, 4) is 0 Å². The van der Waals surface area contributed by atoms with Gasteiger partial charge in [0.15, 0.2) is 5.78 Å². The van der Waals surface area contributed by atoms with Crippen LogP contribution in [0.25, 0.3) is 5.57 Å². The number of carbonyl (C=O) groups is 1. The van der Waals surface area contributed by atoms with Crippen LogP contribution in [-0.4, -0.2) is 36.2 Å². The molecule has 7 heteroatoms. The lowest BCUT2D eigenvalue weighted by Crippen LogP contribution is -2.30. The van der Waals surface area contributed by atoms with Crippen LogP contribution in [0.1, 0.15) is 28.8 Å². The van der Waals surface area contributed by atoms with Crippen LogP contribution in [0.3, 0.4) is 0 Å². The largest absolute Gasteiger partial charge is 0.306 e. The third-order valence-corrected chi connectivity index (χ3v) is 7.84. The van der Waals surface area contributed by atoms with E-state index in [4.69, 9.17) is 0 Å². The summed E-state index contributed by atoms with van der Waals surface area (Å²) in [6, 6.07) is 9.85. The molecule has 3 aliphatic rings. The molecule has 1 atom stereocenters. The molecule has 0 N–H and O–H groups in total. The molecule has 2 heterocycles. The van der Waals surface area contributed by atoms with E-state index in [2.05, 4.69) is 18.2 Å². The third-order valence-electron chi connectivity index (χ3n) is 5.95. The normalized spacial score (nSPS) is 20.2. The Hall–Kier alpha value is -3.03. The Morgan fingerprint density at radius 2 is 1.84 bits per heavy atom. The maximum Gasteiger partial charge on any atom is 0.251 e. The summed E-state index contributed by atoms with van der Waals surface area (Å²) in [5, 5.41) is 0. The predicted molar refractivity (Wildman–Crippen MR) is 118 cm³/mol. The van der Waals surface area contributed by atoms with E-state index in [1.807, 2.05) is 24.3 Å². The summed E-state index contributed by atoms with van der Waals surface area (Å²) in [6.45, 7) is 0.750. The molecule has 158 valence electrons. The van der Waals surface area contributed by atoms with Gasteiger partial charge in [-0.05, 0) is 41.7 Å². The molecule has 0 radical (unpaired) electrons. The summed E-state index contributed by atoms with van der Waals surface area (Å²) in [6.07, 6.45) is 11.4. The first kappa shape index (κ1) is 19.9. The summed E-state index contributed by atoms with van der Waals surface area (Å²) in [7, 11) is -3.66. The number of allylic oxidation sites excluding steroid dienone is 6. The van der Waals surface area contributed by atoms with Crippen molar-refractivity contribution in [2.75, 3.05) is 13.1 Å². The number of hydrogen-bond donors (Lipinski definition) is 0. The van der Waals surface area contributed by atoms with Crippen LogP contribution in [0.4, 0.5) is 0 Å². The molecule has 2 aromatic rings. The molecule has 0 bridgehead atoms. The number of Topliss-reactive ketones (excluding diaryl/α,β-unsaturated/α-hetero) is 1. The fourth-order valence-corrected chi connectivity index (χ4v) is 5.62. The number of benzene rings is 1. The molecule has 5 rings (SSSR count). The van der Waals surface area contributed by atoms with Crippen molar-refractivity contribution in [1.29, 1.82) is 0 Å². The van der Waals surface area contributed by atoms with Gasteiger partial charge >= 0.3 is 0 Å². The Kier molecular flexibility index (Phi) is 4.87. The summed E-state index contributed by atoms with van der Waals surface area (Å²) >= 11 is 0. The Balaban J connectivity index is 1.39. The molecule has 1 saturated heterocycles. The van der Waals surface area contributed by atoms with Gasteiger partial charge in [-0.1, -0.05) is 42.5 Å². The van der Waals surface area contributed by atoms with Crippen molar-refractivity contribution < 1.29 is 13.2 Å². The second kappa shape index (κ2) is 7.59. The molecular formula is C24H22N2O4S. The summed E-state index contributed by atoms with van der Waals surface area (Å²) in [4.78, 5) is 25.3. The van der Waals surface area contributed by atoms with Crippen LogP contribution in [-0.2, 0) is 16.6 Å². The van der Waals surface area contributed by atoms with Crippen LogP contribution in [0.2, 0.25) is 0 Å². The highest BCUT2D eigenvalue weighted by Gasteiger charge is 2.28. The first-order chi connectivity index (χ1) is 14.9. The SMILES string of the molecule is O=C(Cn1cc(S(=O)(=O)N2CCCC2)ccc1=O)c1cccc(C2=C[C@@H]3C=C3C=C2)c1. The van der Waals surface area contributed by atoms with E-state index >= 15 is 0 Å². The molecule has 31 heavy (non-hydrogen) atoms. The number of ketones is 1. The Bertz CT molecular complexity index is 1330. The Morgan fingerprint density at radius 3 is 2.61 bits per heavy atom. The zero-order valence-corrected chi connectivity index (χ0v) is 17.7. The first-order valence-electron chi connectivity index (χ1n) is 10.4. The first-order valence-corrected chi connectivity index (χ1v) is 11.8. The minimum Gasteiger partial charge on any atom is -0.306 e. The minimum atomic E-state index is -3.66. The molecule has 6 nitrogen and oxygen atoms in total. The van der Waals surface area contributed by atoms with E-state index in [9.17, 15) is 18.0 Å². The number of fused-ring (bicyclic) bond motifs is 1. The molecule has 0 spiro atoms. The van der Waals surface area contributed by atoms with Gasteiger partial charge in [0.25, 0.3) is 5.56 Å². The Labute approximate surface area is 180 Å². The number of pyridine rings is 1. The van der Waals surface area contributed by atoms with Gasteiger partial charge < -0.3 is 4.57 Å². The fraction of sp³-hybridized carbons (Fsp3) is 0.250. The van der Waals surface area contributed by atoms with Crippen LogP contribution in [0.15, 0.2) is 82.2 Å². The van der Waals surface area contributed by atoms with Crippen LogP contribution in [0, 0.1) is 5.92 Å². The molecule has 0 saturated carbocycles. The van der Waals surface area contributed by atoms with Crippen molar-refractivity contribution in [1.82, 2.24) is 8.87 Å². The van der Waals surface area contributed by atoms with E-state index in [0.29, 0.717) is 24.6 Å². The number of carbonyl (C=O) groups excluding carboxylic acids is 1. The summed E-state index contributed by atoms with van der Waals surface area (Å²) < 4.78 is 28.2. The smallest absolute Gasteiger partial charge is 0.251 e. The third kappa shape index (κ3) is 3.86. The van der Waals surface area contributed by atoms with Gasteiger partial charge in [0.05, 0.1) is 11.4 Å². The highest BCUT2D eigenvalue weighted by Crippen LogP contribution is 2.38. The maximum absolute atomic E-state index is 12.9. The van der Waals surface area contributed by atoms with E-state index in [1.165, 1.54) is 32.8 Å². The van der Waals surface area contributed by atoms with Gasteiger partial charge in [0, 0.05) is 36.8 Å². The molecule has 2 aliphatic carbocycles. The van der Waals surface area contributed by atoms with Gasteiger partial charge in [-0.2, -0.15) is 4.31 Å². The standard InChI is InChI=1S/C24H22N2O4S/c27-23(20-5-3-4-17(12-20)18-6-7-19-14-21(19)13-18)16-25-15-22(8-9-24(25)28)31(29,30)26-10-1-2-11-26/h3-9,12-15,21H,1-2,10-11,16H2/t21-/m1/s1. The van der Waals surface area contributed by atoms with E-state index in [0.717, 1.165) is 24.0 Å². The second-order valence-electron chi connectivity index (χ2n) is 8.09. The molecule has 1 aliphatic heterocycles. The number of nitrogens with zero attached hydrogens (tertiary/aromatic N) is 2. The van der Waals surface area contributed by atoms with Gasteiger partial charge in [0.1, 0.15) is 0 Å². The zero-order valence-electron chi connectivity index (χ0n) is 16.9. The van der Waals surface area contributed by atoms with Gasteiger partial charge in [-0.15, -0.1) is 0 Å². The van der Waals surface area contributed by atoms with Gasteiger partial charge in [-0.3, -0.25) is 9.59 Å². The summed E-state index contributed by atoms with van der Waals surface area (Å²) in [5.41, 5.74) is 3.41.